The van der Waals surface area contributed by atoms with Crippen LogP contribution in [-0.2, 0) is 11.2 Å². The first kappa shape index (κ1) is 14.7. The van der Waals surface area contributed by atoms with Gasteiger partial charge in [0.1, 0.15) is 0 Å². The lowest BCUT2D eigenvalue weighted by atomic mass is 10.1. The van der Waals surface area contributed by atoms with E-state index in [1.807, 2.05) is 12.1 Å². The summed E-state index contributed by atoms with van der Waals surface area (Å²) in [5.41, 5.74) is 1.50. The van der Waals surface area contributed by atoms with Crippen LogP contribution < -0.4 is 4.90 Å². The van der Waals surface area contributed by atoms with E-state index in [1.165, 1.54) is 11.0 Å². The molecule has 1 heterocycles. The minimum absolute atomic E-state index is 0.120. The molecule has 2 aromatic rings. The van der Waals surface area contributed by atoms with Crippen LogP contribution in [0.1, 0.15) is 22.3 Å². The predicted octanol–water partition coefficient (Wildman–Crippen LogP) is 2.38. The lowest BCUT2D eigenvalue weighted by molar-refractivity contribution is -0.118. The van der Waals surface area contributed by atoms with Crippen LogP contribution in [0.2, 0.25) is 0 Å². The number of carboxylic acids is 1. The number of amides is 1. The molecule has 0 saturated heterocycles. The average Bonchev–Trinajstić information content (AvgIpc) is 2.52. The molecule has 0 aliphatic carbocycles. The van der Waals surface area contributed by atoms with Crippen molar-refractivity contribution in [3.05, 3.63) is 59.9 Å². The van der Waals surface area contributed by atoms with Gasteiger partial charge in [-0.05, 0) is 30.2 Å². The van der Waals surface area contributed by atoms with E-state index in [1.54, 1.807) is 37.6 Å². The quantitative estimate of drug-likeness (QED) is 0.915. The number of rotatable bonds is 5. The van der Waals surface area contributed by atoms with Gasteiger partial charge in [0.15, 0.2) is 0 Å². The van der Waals surface area contributed by atoms with Crippen molar-refractivity contribution in [2.45, 2.75) is 12.8 Å². The zero-order chi connectivity index (χ0) is 15.2. The molecule has 0 aliphatic heterocycles. The maximum Gasteiger partial charge on any atom is 0.337 e. The molecule has 1 aromatic carbocycles. The molecule has 108 valence electrons. The number of benzene rings is 1. The largest absolute Gasteiger partial charge is 0.478 e. The molecular formula is C16H16N2O3. The Bertz CT molecular complexity index is 641. The lowest BCUT2D eigenvalue weighted by Gasteiger charge is -2.19. The van der Waals surface area contributed by atoms with Gasteiger partial charge in [-0.3, -0.25) is 9.78 Å². The van der Waals surface area contributed by atoms with Crippen molar-refractivity contribution in [1.82, 2.24) is 4.98 Å². The number of nitrogens with zero attached hydrogens (tertiary/aromatic N) is 2. The number of carbonyl (C=O) groups excluding carboxylic acids is 1. The highest BCUT2D eigenvalue weighted by atomic mass is 16.4. The second kappa shape index (κ2) is 6.65. The topological polar surface area (TPSA) is 70.5 Å². The van der Waals surface area contributed by atoms with Crippen molar-refractivity contribution >= 4 is 17.6 Å². The molecule has 1 amide bonds. The van der Waals surface area contributed by atoms with E-state index in [0.717, 1.165) is 5.56 Å². The van der Waals surface area contributed by atoms with Gasteiger partial charge in [-0.15, -0.1) is 0 Å². The molecule has 1 aromatic heterocycles. The Morgan fingerprint density at radius 1 is 1.19 bits per heavy atom. The van der Waals surface area contributed by atoms with Crippen molar-refractivity contribution in [3.8, 4) is 0 Å². The first-order chi connectivity index (χ1) is 10.1. The molecule has 21 heavy (non-hydrogen) atoms. The third-order valence-corrected chi connectivity index (χ3v) is 3.22. The molecule has 5 heteroatoms. The van der Waals surface area contributed by atoms with E-state index in [2.05, 4.69) is 4.98 Å². The lowest BCUT2D eigenvalue weighted by Crippen LogP contribution is -2.28. The molecule has 0 bridgehead atoms. The molecule has 0 fully saturated rings. The molecule has 1 N–H and O–H groups in total. The maximum absolute atomic E-state index is 12.2. The monoisotopic (exact) mass is 284 g/mol. The van der Waals surface area contributed by atoms with E-state index < -0.39 is 5.97 Å². The first-order valence-electron chi connectivity index (χ1n) is 6.57. The molecule has 0 radical (unpaired) electrons. The highest BCUT2D eigenvalue weighted by Gasteiger charge is 2.17. The number of hydrogen-bond acceptors (Lipinski definition) is 3. The van der Waals surface area contributed by atoms with Crippen molar-refractivity contribution in [2.24, 2.45) is 0 Å². The van der Waals surface area contributed by atoms with Crippen LogP contribution in [0.4, 0.5) is 5.69 Å². The van der Waals surface area contributed by atoms with Gasteiger partial charge in [-0.1, -0.05) is 18.2 Å². The zero-order valence-corrected chi connectivity index (χ0v) is 11.7. The Balaban J connectivity index is 2.08. The molecule has 2 rings (SSSR count). The number of pyridine rings is 1. The number of anilines is 1. The normalized spacial score (nSPS) is 10.1. The number of aromatic carboxylic acids is 1. The first-order valence-corrected chi connectivity index (χ1v) is 6.57. The third-order valence-electron chi connectivity index (χ3n) is 3.22. The summed E-state index contributed by atoms with van der Waals surface area (Å²) >= 11 is 0. The minimum atomic E-state index is -1.04. The Labute approximate surface area is 122 Å². The van der Waals surface area contributed by atoms with Crippen LogP contribution in [0.25, 0.3) is 0 Å². The number of aromatic nitrogens is 1. The second-order valence-corrected chi connectivity index (χ2v) is 4.64. The standard InChI is InChI=1S/C16H16N2O3/c1-18(14-7-3-2-6-13(14)16(20)21)15(19)9-8-12-5-4-10-17-11-12/h2-7,10-11H,8-9H2,1H3,(H,20,21). The van der Waals surface area contributed by atoms with Crippen molar-refractivity contribution in [1.29, 1.82) is 0 Å². The Hall–Kier alpha value is -2.69. The Kier molecular flexibility index (Phi) is 4.66. The van der Waals surface area contributed by atoms with Crippen LogP contribution in [0, 0.1) is 0 Å². The average molecular weight is 284 g/mol. The Morgan fingerprint density at radius 3 is 2.62 bits per heavy atom. The number of aryl methyl sites for hydroxylation is 1. The summed E-state index contributed by atoms with van der Waals surface area (Å²) in [5, 5.41) is 9.16. The van der Waals surface area contributed by atoms with Gasteiger partial charge in [0.05, 0.1) is 11.3 Å². The predicted molar refractivity (Wildman–Crippen MR) is 79.4 cm³/mol. The maximum atomic E-state index is 12.2. The van der Waals surface area contributed by atoms with E-state index in [9.17, 15) is 9.59 Å². The molecule has 0 spiro atoms. The second-order valence-electron chi connectivity index (χ2n) is 4.64. The van der Waals surface area contributed by atoms with Gasteiger partial charge in [0, 0.05) is 25.9 Å². The van der Waals surface area contributed by atoms with Crippen molar-refractivity contribution in [3.63, 3.8) is 0 Å². The van der Waals surface area contributed by atoms with Crippen LogP contribution in [0.15, 0.2) is 48.8 Å². The van der Waals surface area contributed by atoms with Gasteiger partial charge in [-0.2, -0.15) is 0 Å². The third kappa shape index (κ3) is 3.66. The molecule has 0 saturated carbocycles. The van der Waals surface area contributed by atoms with Gasteiger partial charge in [-0.25, -0.2) is 4.79 Å². The number of carboxylic acid groups (broad SMARTS) is 1. The smallest absolute Gasteiger partial charge is 0.337 e. The molecule has 5 nitrogen and oxygen atoms in total. The van der Waals surface area contributed by atoms with Gasteiger partial charge < -0.3 is 10.0 Å². The highest BCUT2D eigenvalue weighted by molar-refractivity contribution is 6.01. The fourth-order valence-corrected chi connectivity index (χ4v) is 2.05. The number of carbonyl (C=O) groups is 2. The summed E-state index contributed by atoms with van der Waals surface area (Å²) in [6.45, 7) is 0. The fourth-order valence-electron chi connectivity index (χ4n) is 2.05. The molecular weight excluding hydrogens is 268 g/mol. The van der Waals surface area contributed by atoms with E-state index in [0.29, 0.717) is 18.5 Å². The Morgan fingerprint density at radius 2 is 1.95 bits per heavy atom. The number of para-hydroxylation sites is 1. The van der Waals surface area contributed by atoms with Crippen LogP contribution in [0.3, 0.4) is 0 Å². The van der Waals surface area contributed by atoms with Gasteiger partial charge >= 0.3 is 5.97 Å². The van der Waals surface area contributed by atoms with E-state index in [-0.39, 0.29) is 11.5 Å². The summed E-state index contributed by atoms with van der Waals surface area (Å²) in [7, 11) is 1.59. The summed E-state index contributed by atoms with van der Waals surface area (Å²) in [6.07, 6.45) is 4.28. The van der Waals surface area contributed by atoms with Gasteiger partial charge in [0.25, 0.3) is 0 Å². The van der Waals surface area contributed by atoms with Crippen molar-refractivity contribution < 1.29 is 14.7 Å². The SMILES string of the molecule is CN(C(=O)CCc1cccnc1)c1ccccc1C(=O)O. The summed E-state index contributed by atoms with van der Waals surface area (Å²) in [4.78, 5) is 28.8. The summed E-state index contributed by atoms with van der Waals surface area (Å²) in [6, 6.07) is 10.2. The fraction of sp³-hybridized carbons (Fsp3) is 0.188. The minimum Gasteiger partial charge on any atom is -0.478 e. The van der Waals surface area contributed by atoms with Gasteiger partial charge in [0.2, 0.25) is 5.91 Å². The molecule has 0 unspecified atom stereocenters. The highest BCUT2D eigenvalue weighted by Crippen LogP contribution is 2.20. The number of hydrogen-bond donors (Lipinski definition) is 1. The van der Waals surface area contributed by atoms with Crippen LogP contribution in [0.5, 0.6) is 0 Å². The van der Waals surface area contributed by atoms with Crippen LogP contribution >= 0.6 is 0 Å². The molecule has 0 atom stereocenters. The van der Waals surface area contributed by atoms with E-state index >= 15 is 0 Å². The molecule has 0 aliphatic rings. The zero-order valence-electron chi connectivity index (χ0n) is 11.7. The summed E-state index contributed by atoms with van der Waals surface area (Å²) < 4.78 is 0. The van der Waals surface area contributed by atoms with Crippen molar-refractivity contribution in [2.75, 3.05) is 11.9 Å². The van der Waals surface area contributed by atoms with E-state index in [4.69, 9.17) is 5.11 Å². The van der Waals surface area contributed by atoms with Crippen LogP contribution in [-0.4, -0.2) is 29.0 Å². The summed E-state index contributed by atoms with van der Waals surface area (Å²) in [5.74, 6) is -1.18.